The Labute approximate surface area is 114 Å². The van der Waals surface area contributed by atoms with Crippen molar-refractivity contribution >= 4 is 11.3 Å². The van der Waals surface area contributed by atoms with Crippen LogP contribution in [0.2, 0.25) is 0 Å². The molecule has 1 aromatic heterocycles. The Balaban J connectivity index is 2.04. The van der Waals surface area contributed by atoms with Gasteiger partial charge >= 0.3 is 0 Å². The maximum atomic E-state index is 13.3. The molecule has 3 rings (SSSR count). The van der Waals surface area contributed by atoms with Crippen LogP contribution in [0.3, 0.4) is 0 Å². The second kappa shape index (κ2) is 4.98. The number of thiazole rings is 1. The van der Waals surface area contributed by atoms with E-state index in [4.69, 9.17) is 0 Å². The molecule has 0 saturated heterocycles. The molecule has 1 heterocycles. The van der Waals surface area contributed by atoms with Gasteiger partial charge in [-0.15, -0.1) is 11.3 Å². The molecular weight excluding hydrogens is 266 g/mol. The summed E-state index contributed by atoms with van der Waals surface area (Å²) in [5.41, 5.74) is 1.56. The SMILES string of the molecule is CNC1CCCc2sc(-c3cc(F)cc(F)c3)nc21. The lowest BCUT2D eigenvalue weighted by Gasteiger charge is -2.19. The molecule has 0 amide bonds. The molecule has 0 bridgehead atoms. The zero-order valence-electron chi connectivity index (χ0n) is 10.5. The molecule has 1 aromatic carbocycles. The van der Waals surface area contributed by atoms with Crippen LogP contribution in [0.15, 0.2) is 18.2 Å². The number of fused-ring (bicyclic) bond motifs is 1. The highest BCUT2D eigenvalue weighted by Gasteiger charge is 2.24. The first-order valence-electron chi connectivity index (χ1n) is 6.30. The molecule has 2 aromatic rings. The molecule has 5 heteroatoms. The quantitative estimate of drug-likeness (QED) is 0.907. The van der Waals surface area contributed by atoms with Gasteiger partial charge in [0.2, 0.25) is 0 Å². The zero-order valence-corrected chi connectivity index (χ0v) is 11.4. The number of rotatable bonds is 2. The van der Waals surface area contributed by atoms with E-state index in [0.29, 0.717) is 10.6 Å². The molecule has 100 valence electrons. The van der Waals surface area contributed by atoms with E-state index >= 15 is 0 Å². The first-order valence-corrected chi connectivity index (χ1v) is 7.12. The second-order valence-electron chi connectivity index (χ2n) is 4.72. The molecule has 1 atom stereocenters. The Morgan fingerprint density at radius 3 is 2.68 bits per heavy atom. The van der Waals surface area contributed by atoms with Gasteiger partial charge in [-0.1, -0.05) is 0 Å². The summed E-state index contributed by atoms with van der Waals surface area (Å²) in [5.74, 6) is -1.12. The third kappa shape index (κ3) is 2.40. The van der Waals surface area contributed by atoms with Crippen LogP contribution in [-0.4, -0.2) is 12.0 Å². The maximum absolute atomic E-state index is 13.3. The lowest BCUT2D eigenvalue weighted by molar-refractivity contribution is 0.490. The van der Waals surface area contributed by atoms with Crippen molar-refractivity contribution in [3.05, 3.63) is 40.4 Å². The summed E-state index contributed by atoms with van der Waals surface area (Å²) >= 11 is 1.54. The zero-order chi connectivity index (χ0) is 13.4. The van der Waals surface area contributed by atoms with Crippen LogP contribution in [-0.2, 0) is 6.42 Å². The minimum atomic E-state index is -0.562. The van der Waals surface area contributed by atoms with Gasteiger partial charge in [-0.2, -0.15) is 0 Å². The van der Waals surface area contributed by atoms with Crippen molar-refractivity contribution in [1.29, 1.82) is 0 Å². The molecule has 2 nitrogen and oxygen atoms in total. The summed E-state index contributed by atoms with van der Waals surface area (Å²) < 4.78 is 26.5. The van der Waals surface area contributed by atoms with Crippen LogP contribution < -0.4 is 5.32 Å². The highest BCUT2D eigenvalue weighted by molar-refractivity contribution is 7.15. The van der Waals surface area contributed by atoms with Crippen molar-refractivity contribution in [2.45, 2.75) is 25.3 Å². The summed E-state index contributed by atoms with van der Waals surface area (Å²) in [5, 5.41) is 3.94. The predicted octanol–water partition coefficient (Wildman–Crippen LogP) is 3.69. The summed E-state index contributed by atoms with van der Waals surface area (Å²) in [6.45, 7) is 0. The van der Waals surface area contributed by atoms with E-state index in [1.807, 2.05) is 7.05 Å². The topological polar surface area (TPSA) is 24.9 Å². The molecule has 0 spiro atoms. The van der Waals surface area contributed by atoms with Gasteiger partial charge in [-0.05, 0) is 38.4 Å². The number of aromatic nitrogens is 1. The van der Waals surface area contributed by atoms with Gasteiger partial charge in [0.1, 0.15) is 16.6 Å². The third-order valence-electron chi connectivity index (χ3n) is 3.41. The van der Waals surface area contributed by atoms with Gasteiger partial charge in [0.15, 0.2) is 0 Å². The molecule has 0 saturated carbocycles. The summed E-state index contributed by atoms with van der Waals surface area (Å²) in [6.07, 6.45) is 3.19. The highest BCUT2D eigenvalue weighted by atomic mass is 32.1. The lowest BCUT2D eigenvalue weighted by atomic mass is 9.98. The summed E-state index contributed by atoms with van der Waals surface area (Å²) in [6, 6.07) is 3.81. The lowest BCUT2D eigenvalue weighted by Crippen LogP contribution is -2.21. The average Bonchev–Trinajstić information content (AvgIpc) is 2.81. The molecule has 0 fully saturated rings. The van der Waals surface area contributed by atoms with Crippen molar-refractivity contribution in [2.24, 2.45) is 0 Å². The minimum Gasteiger partial charge on any atom is -0.312 e. The van der Waals surface area contributed by atoms with E-state index in [2.05, 4.69) is 10.3 Å². The summed E-state index contributed by atoms with van der Waals surface area (Å²) in [7, 11) is 1.92. The van der Waals surface area contributed by atoms with Crippen LogP contribution in [0.25, 0.3) is 10.6 Å². The normalized spacial score (nSPS) is 18.4. The predicted molar refractivity (Wildman–Crippen MR) is 72.2 cm³/mol. The smallest absolute Gasteiger partial charge is 0.126 e. The fourth-order valence-corrected chi connectivity index (χ4v) is 3.65. The highest BCUT2D eigenvalue weighted by Crippen LogP contribution is 2.37. The van der Waals surface area contributed by atoms with E-state index in [0.717, 1.165) is 31.0 Å². The van der Waals surface area contributed by atoms with Crippen molar-refractivity contribution < 1.29 is 8.78 Å². The van der Waals surface area contributed by atoms with Crippen LogP contribution in [0.1, 0.15) is 29.5 Å². The standard InChI is InChI=1S/C14H14F2N2S/c1-17-11-3-2-4-12-13(11)18-14(19-12)8-5-9(15)7-10(16)6-8/h5-7,11,17H,2-4H2,1H3. The van der Waals surface area contributed by atoms with E-state index in [-0.39, 0.29) is 6.04 Å². The molecule has 1 unspecified atom stereocenters. The molecular formula is C14H14F2N2S. The van der Waals surface area contributed by atoms with Gasteiger partial charge in [0, 0.05) is 16.5 Å². The fourth-order valence-electron chi connectivity index (χ4n) is 2.50. The van der Waals surface area contributed by atoms with Crippen molar-refractivity contribution in [2.75, 3.05) is 7.05 Å². The number of aryl methyl sites for hydroxylation is 1. The largest absolute Gasteiger partial charge is 0.312 e. The molecule has 0 aliphatic heterocycles. The Morgan fingerprint density at radius 1 is 1.26 bits per heavy atom. The molecule has 0 radical (unpaired) electrons. The number of nitrogens with one attached hydrogen (secondary N) is 1. The molecule has 1 N–H and O–H groups in total. The number of halogens is 2. The van der Waals surface area contributed by atoms with Crippen molar-refractivity contribution in [3.8, 4) is 10.6 Å². The second-order valence-corrected chi connectivity index (χ2v) is 5.80. The minimum absolute atomic E-state index is 0.257. The molecule has 1 aliphatic carbocycles. The van der Waals surface area contributed by atoms with Crippen molar-refractivity contribution in [3.63, 3.8) is 0 Å². The third-order valence-corrected chi connectivity index (χ3v) is 4.59. The van der Waals surface area contributed by atoms with Gasteiger partial charge in [-0.3, -0.25) is 0 Å². The average molecular weight is 280 g/mol. The van der Waals surface area contributed by atoms with Gasteiger partial charge in [0.05, 0.1) is 11.7 Å². The number of nitrogens with zero attached hydrogens (tertiary/aromatic N) is 1. The Hall–Kier alpha value is -1.33. The Morgan fingerprint density at radius 2 is 2.00 bits per heavy atom. The van der Waals surface area contributed by atoms with E-state index in [1.165, 1.54) is 17.0 Å². The summed E-state index contributed by atoms with van der Waals surface area (Å²) in [4.78, 5) is 5.81. The Kier molecular flexibility index (Phi) is 3.33. The van der Waals surface area contributed by atoms with Crippen LogP contribution in [0, 0.1) is 11.6 Å². The Bertz CT molecular complexity index is 589. The van der Waals surface area contributed by atoms with Crippen molar-refractivity contribution in [1.82, 2.24) is 10.3 Å². The van der Waals surface area contributed by atoms with Crippen LogP contribution in [0.4, 0.5) is 8.78 Å². The van der Waals surface area contributed by atoms with Crippen LogP contribution >= 0.6 is 11.3 Å². The monoisotopic (exact) mass is 280 g/mol. The fraction of sp³-hybridized carbons (Fsp3) is 0.357. The maximum Gasteiger partial charge on any atom is 0.126 e. The number of benzene rings is 1. The van der Waals surface area contributed by atoms with Gasteiger partial charge in [0.25, 0.3) is 0 Å². The number of hydrogen-bond acceptors (Lipinski definition) is 3. The first kappa shape index (κ1) is 12.7. The van der Waals surface area contributed by atoms with E-state index in [1.54, 1.807) is 11.3 Å². The van der Waals surface area contributed by atoms with E-state index in [9.17, 15) is 8.78 Å². The van der Waals surface area contributed by atoms with Gasteiger partial charge < -0.3 is 5.32 Å². The van der Waals surface area contributed by atoms with Gasteiger partial charge in [-0.25, -0.2) is 13.8 Å². The first-order chi connectivity index (χ1) is 9.17. The van der Waals surface area contributed by atoms with E-state index < -0.39 is 11.6 Å². The molecule has 1 aliphatic rings. The molecule has 19 heavy (non-hydrogen) atoms. The number of hydrogen-bond donors (Lipinski definition) is 1. The van der Waals surface area contributed by atoms with Crippen LogP contribution in [0.5, 0.6) is 0 Å².